The minimum atomic E-state index is -3.33. The molecule has 1 aromatic carbocycles. The van der Waals surface area contributed by atoms with Crippen LogP contribution in [0.25, 0.3) is 0 Å². The van der Waals surface area contributed by atoms with Crippen molar-refractivity contribution in [1.29, 1.82) is 0 Å². The molecule has 0 bridgehead atoms. The first-order chi connectivity index (χ1) is 8.00. The van der Waals surface area contributed by atoms with Gasteiger partial charge in [-0.05, 0) is 5.56 Å². The Hall–Kier alpha value is -1.12. The lowest BCUT2D eigenvalue weighted by Gasteiger charge is -2.25. The molecular formula is C12H18NO3P. The molecule has 0 saturated heterocycles. The van der Waals surface area contributed by atoms with Gasteiger partial charge in [-0.1, -0.05) is 44.2 Å². The zero-order valence-corrected chi connectivity index (χ0v) is 10.9. The summed E-state index contributed by atoms with van der Waals surface area (Å²) < 4.78 is 12.3. The molecule has 0 heterocycles. The maximum atomic E-state index is 12.3. The van der Waals surface area contributed by atoms with E-state index in [9.17, 15) is 9.46 Å². The predicted octanol–water partition coefficient (Wildman–Crippen LogP) is 3.26. The molecule has 0 aromatic heterocycles. The normalized spacial score (nSPS) is 17.2. The van der Waals surface area contributed by atoms with Gasteiger partial charge in [-0.25, -0.2) is 0 Å². The van der Waals surface area contributed by atoms with E-state index in [-0.39, 0.29) is 12.1 Å². The first kappa shape index (κ1) is 13.9. The van der Waals surface area contributed by atoms with Gasteiger partial charge in [0.25, 0.3) is 0 Å². The molecule has 1 rings (SSSR count). The highest BCUT2D eigenvalue weighted by Gasteiger charge is 2.34. The molecule has 2 atom stereocenters. The Morgan fingerprint density at radius 3 is 2.41 bits per heavy atom. The van der Waals surface area contributed by atoms with Crippen molar-refractivity contribution < 1.29 is 14.7 Å². The van der Waals surface area contributed by atoms with Gasteiger partial charge in [-0.15, -0.1) is 5.16 Å². The minimum Gasteiger partial charge on any atom is -0.411 e. The Morgan fingerprint density at radius 2 is 1.94 bits per heavy atom. The van der Waals surface area contributed by atoms with Crippen LogP contribution in [0.2, 0.25) is 0 Å². The van der Waals surface area contributed by atoms with Crippen molar-refractivity contribution in [3.05, 3.63) is 35.9 Å². The topological polar surface area (TPSA) is 69.9 Å². The van der Waals surface area contributed by atoms with Crippen molar-refractivity contribution >= 4 is 13.6 Å². The van der Waals surface area contributed by atoms with Crippen LogP contribution in [-0.2, 0) is 4.57 Å². The summed E-state index contributed by atoms with van der Waals surface area (Å²) in [5, 5.41) is 11.4. The highest BCUT2D eigenvalue weighted by molar-refractivity contribution is 7.59. The van der Waals surface area contributed by atoms with Crippen molar-refractivity contribution in [3.63, 3.8) is 0 Å². The van der Waals surface area contributed by atoms with Gasteiger partial charge in [0, 0.05) is 18.3 Å². The monoisotopic (exact) mass is 255 g/mol. The third kappa shape index (κ3) is 3.42. The van der Waals surface area contributed by atoms with E-state index in [2.05, 4.69) is 5.16 Å². The number of oxime groups is 1. The largest absolute Gasteiger partial charge is 0.411 e. The van der Waals surface area contributed by atoms with Crippen LogP contribution in [0.4, 0.5) is 0 Å². The second-order valence-electron chi connectivity index (χ2n) is 4.23. The number of benzene rings is 1. The molecule has 5 heteroatoms. The van der Waals surface area contributed by atoms with Crippen LogP contribution >= 0.6 is 7.37 Å². The summed E-state index contributed by atoms with van der Waals surface area (Å²) in [5.41, 5.74) is -0.0358. The van der Waals surface area contributed by atoms with Crippen LogP contribution < -0.4 is 0 Å². The summed E-state index contributed by atoms with van der Waals surface area (Å²) in [5.74, 6) is 0. The molecule has 0 aliphatic rings. The molecule has 2 N–H and O–H groups in total. The van der Waals surface area contributed by atoms with E-state index in [4.69, 9.17) is 5.21 Å². The lowest BCUT2D eigenvalue weighted by atomic mass is 10.1. The molecule has 17 heavy (non-hydrogen) atoms. The summed E-state index contributed by atoms with van der Waals surface area (Å²) in [4.78, 5) is 10.1. The first-order valence-corrected chi connectivity index (χ1v) is 7.33. The van der Waals surface area contributed by atoms with Crippen LogP contribution in [0.15, 0.2) is 35.5 Å². The predicted molar refractivity (Wildman–Crippen MR) is 69.0 cm³/mol. The number of hydrogen-bond donors (Lipinski definition) is 2. The highest BCUT2D eigenvalue weighted by Crippen LogP contribution is 2.60. The van der Waals surface area contributed by atoms with Crippen molar-refractivity contribution in [2.45, 2.75) is 31.6 Å². The van der Waals surface area contributed by atoms with E-state index in [1.165, 1.54) is 6.21 Å². The standard InChI is InChI=1S/C12H18NO3P/c1-10(2)17(15,16)12(8-9-13-14)11-6-4-3-5-7-11/h3-7,9-10,12,14H,8H2,1-2H3,(H,15,16). The van der Waals surface area contributed by atoms with Crippen LogP contribution in [0.1, 0.15) is 31.5 Å². The second kappa shape index (κ2) is 5.99. The second-order valence-corrected chi connectivity index (χ2v) is 7.23. The summed E-state index contributed by atoms with van der Waals surface area (Å²) in [6, 6.07) is 9.16. The number of nitrogens with zero attached hydrogens (tertiary/aromatic N) is 1. The third-order valence-electron chi connectivity index (χ3n) is 2.78. The van der Waals surface area contributed by atoms with Crippen LogP contribution in [-0.4, -0.2) is 22.0 Å². The van der Waals surface area contributed by atoms with Crippen molar-refractivity contribution in [2.24, 2.45) is 5.16 Å². The van der Waals surface area contributed by atoms with E-state index in [1.807, 2.05) is 30.3 Å². The molecule has 0 aliphatic heterocycles. The molecule has 0 aliphatic carbocycles. The summed E-state index contributed by atoms with van der Waals surface area (Å²) in [7, 11) is -3.33. The quantitative estimate of drug-likeness (QED) is 0.367. The Bertz CT molecular complexity index is 417. The van der Waals surface area contributed by atoms with Crippen molar-refractivity contribution in [2.75, 3.05) is 0 Å². The molecule has 4 nitrogen and oxygen atoms in total. The summed E-state index contributed by atoms with van der Waals surface area (Å²) in [6.07, 6.45) is 1.52. The van der Waals surface area contributed by atoms with Crippen LogP contribution in [0, 0.1) is 0 Å². The fourth-order valence-corrected chi connectivity index (χ4v) is 3.40. The zero-order chi connectivity index (χ0) is 12.9. The fourth-order valence-electron chi connectivity index (χ4n) is 1.68. The van der Waals surface area contributed by atoms with E-state index < -0.39 is 13.0 Å². The number of rotatable bonds is 5. The third-order valence-corrected chi connectivity index (χ3v) is 5.66. The summed E-state index contributed by atoms with van der Waals surface area (Å²) in [6.45, 7) is 3.46. The van der Waals surface area contributed by atoms with Gasteiger partial charge in [0.1, 0.15) is 0 Å². The van der Waals surface area contributed by atoms with E-state index in [0.717, 1.165) is 5.56 Å². The van der Waals surface area contributed by atoms with E-state index >= 15 is 0 Å². The minimum absolute atomic E-state index is 0.256. The van der Waals surface area contributed by atoms with Crippen LogP contribution in [0.3, 0.4) is 0 Å². The highest BCUT2D eigenvalue weighted by atomic mass is 31.2. The van der Waals surface area contributed by atoms with Crippen LogP contribution in [0.5, 0.6) is 0 Å². The molecule has 1 aromatic rings. The van der Waals surface area contributed by atoms with Gasteiger partial charge in [0.05, 0.1) is 5.66 Å². The molecule has 0 amide bonds. The number of hydrogen-bond acceptors (Lipinski definition) is 3. The Balaban J connectivity index is 3.09. The molecule has 2 unspecified atom stereocenters. The van der Waals surface area contributed by atoms with Gasteiger partial charge in [-0.3, -0.25) is 4.57 Å². The average molecular weight is 255 g/mol. The smallest absolute Gasteiger partial charge is 0.210 e. The molecule has 94 valence electrons. The SMILES string of the molecule is CC(C)P(=O)(O)C(CC=NO)c1ccccc1. The lowest BCUT2D eigenvalue weighted by molar-refractivity contribution is 0.320. The van der Waals surface area contributed by atoms with Gasteiger partial charge < -0.3 is 10.1 Å². The van der Waals surface area contributed by atoms with Gasteiger partial charge in [0.2, 0.25) is 7.37 Å². The average Bonchev–Trinajstić information content (AvgIpc) is 2.30. The Kier molecular flexibility index (Phi) is 4.91. The first-order valence-electron chi connectivity index (χ1n) is 5.53. The molecule has 0 spiro atoms. The molecule has 0 radical (unpaired) electrons. The molecule has 0 saturated carbocycles. The fraction of sp³-hybridized carbons (Fsp3) is 0.417. The van der Waals surface area contributed by atoms with E-state index in [1.54, 1.807) is 13.8 Å². The van der Waals surface area contributed by atoms with Gasteiger partial charge in [-0.2, -0.15) is 0 Å². The van der Waals surface area contributed by atoms with Gasteiger partial charge >= 0.3 is 0 Å². The maximum Gasteiger partial charge on any atom is 0.210 e. The zero-order valence-electron chi connectivity index (χ0n) is 10.0. The van der Waals surface area contributed by atoms with Crippen molar-refractivity contribution in [1.82, 2.24) is 0 Å². The lowest BCUT2D eigenvalue weighted by Crippen LogP contribution is -2.08. The Morgan fingerprint density at radius 1 is 1.35 bits per heavy atom. The maximum absolute atomic E-state index is 12.3. The molecular weight excluding hydrogens is 237 g/mol. The van der Waals surface area contributed by atoms with E-state index in [0.29, 0.717) is 0 Å². The molecule has 0 fully saturated rings. The summed E-state index contributed by atoms with van der Waals surface area (Å²) >= 11 is 0. The van der Waals surface area contributed by atoms with Gasteiger partial charge in [0.15, 0.2) is 0 Å². The Labute approximate surface area is 101 Å². The van der Waals surface area contributed by atoms with Crippen molar-refractivity contribution in [3.8, 4) is 0 Å².